The smallest absolute Gasteiger partial charge is 0.356 e. The number of nitrogens with zero attached hydrogens (tertiary/aromatic N) is 3. The predicted molar refractivity (Wildman–Crippen MR) is 85.2 cm³/mol. The minimum Gasteiger partial charge on any atom is -0.461 e. The van der Waals surface area contributed by atoms with Gasteiger partial charge in [-0.05, 0) is 13.0 Å². The molecule has 0 atom stereocenters. The van der Waals surface area contributed by atoms with E-state index in [4.69, 9.17) is 16.3 Å². The monoisotopic (exact) mass is 352 g/mol. The third-order valence-corrected chi connectivity index (χ3v) is 3.34. The summed E-state index contributed by atoms with van der Waals surface area (Å²) in [6.45, 7) is 1.85. The van der Waals surface area contributed by atoms with Gasteiger partial charge in [-0.2, -0.15) is 5.10 Å². The van der Waals surface area contributed by atoms with Gasteiger partial charge in [0.1, 0.15) is 5.69 Å². The predicted octanol–water partition coefficient (Wildman–Crippen LogP) is 2.41. The minimum atomic E-state index is -0.663. The van der Waals surface area contributed by atoms with Crippen molar-refractivity contribution < 1.29 is 19.2 Å². The average Bonchev–Trinajstić information content (AvgIpc) is 2.91. The molecule has 24 heavy (non-hydrogen) atoms. The van der Waals surface area contributed by atoms with Gasteiger partial charge >= 0.3 is 5.97 Å². The Kier molecular flexibility index (Phi) is 5.14. The average molecular weight is 353 g/mol. The molecule has 0 saturated carbocycles. The zero-order valence-corrected chi connectivity index (χ0v) is 13.5. The first kappa shape index (κ1) is 17.4. The Labute approximate surface area is 141 Å². The fraction of sp³-hybridized carbons (Fsp3) is 0.214. The topological polar surface area (TPSA) is 116 Å². The van der Waals surface area contributed by atoms with Crippen LogP contribution in [0.5, 0.6) is 0 Å². The lowest BCUT2D eigenvalue weighted by atomic mass is 10.2. The van der Waals surface area contributed by atoms with Gasteiger partial charge in [-0.25, -0.2) is 4.79 Å². The van der Waals surface area contributed by atoms with Gasteiger partial charge in [0, 0.05) is 25.2 Å². The van der Waals surface area contributed by atoms with Crippen LogP contribution in [0.4, 0.5) is 11.4 Å². The number of nitro groups is 1. The number of hydrogen-bond donors (Lipinski definition) is 1. The molecule has 0 unspecified atom stereocenters. The molecule has 10 heteroatoms. The lowest BCUT2D eigenvalue weighted by Crippen LogP contribution is -2.13. The number of aryl methyl sites for hydroxylation is 1. The molecule has 1 heterocycles. The number of carbonyl (C=O) groups is 2. The van der Waals surface area contributed by atoms with Crippen LogP contribution in [0.1, 0.15) is 27.9 Å². The molecule has 0 aliphatic heterocycles. The van der Waals surface area contributed by atoms with Gasteiger partial charge < -0.3 is 10.1 Å². The van der Waals surface area contributed by atoms with E-state index in [-0.39, 0.29) is 34.4 Å². The molecule has 0 bridgehead atoms. The molecule has 0 radical (unpaired) electrons. The molecule has 126 valence electrons. The first-order chi connectivity index (χ1) is 11.3. The highest BCUT2D eigenvalue weighted by atomic mass is 35.5. The molecule has 0 spiro atoms. The van der Waals surface area contributed by atoms with Crippen LogP contribution in [-0.4, -0.2) is 33.2 Å². The first-order valence-corrected chi connectivity index (χ1v) is 7.17. The van der Waals surface area contributed by atoms with Crippen molar-refractivity contribution in [1.82, 2.24) is 9.78 Å². The number of nitro benzene ring substituents is 1. The van der Waals surface area contributed by atoms with E-state index in [1.807, 2.05) is 0 Å². The number of aromatic nitrogens is 2. The molecule has 9 nitrogen and oxygen atoms in total. The Balaban J connectivity index is 2.25. The summed E-state index contributed by atoms with van der Waals surface area (Å²) in [6, 6.07) is 4.92. The zero-order chi connectivity index (χ0) is 17.9. The highest BCUT2D eigenvalue weighted by Crippen LogP contribution is 2.27. The number of nitrogens with one attached hydrogen (secondary N) is 1. The zero-order valence-electron chi connectivity index (χ0n) is 12.8. The molecule has 2 rings (SSSR count). The van der Waals surface area contributed by atoms with Crippen molar-refractivity contribution in [3.8, 4) is 0 Å². The number of ether oxygens (including phenoxy) is 1. The lowest BCUT2D eigenvalue weighted by molar-refractivity contribution is -0.384. The van der Waals surface area contributed by atoms with Crippen molar-refractivity contribution in [1.29, 1.82) is 0 Å². The van der Waals surface area contributed by atoms with Gasteiger partial charge in [0.2, 0.25) is 0 Å². The molecule has 0 aliphatic carbocycles. The number of halogens is 1. The molecule has 2 aromatic rings. The van der Waals surface area contributed by atoms with Crippen LogP contribution in [-0.2, 0) is 11.8 Å². The molecule has 0 aliphatic rings. The Bertz CT molecular complexity index is 817. The van der Waals surface area contributed by atoms with E-state index < -0.39 is 16.8 Å². The van der Waals surface area contributed by atoms with Crippen molar-refractivity contribution in [3.05, 3.63) is 50.8 Å². The van der Waals surface area contributed by atoms with Crippen LogP contribution in [0.3, 0.4) is 0 Å². The SMILES string of the molecule is CCOC(=O)c1cc(C(=O)Nc2cc([N+](=O)[O-])ccc2Cl)nn1C. The summed E-state index contributed by atoms with van der Waals surface area (Å²) in [5, 5.41) is 17.3. The number of hydrogen-bond acceptors (Lipinski definition) is 6. The summed E-state index contributed by atoms with van der Waals surface area (Å²) in [5.74, 6) is -1.27. The van der Waals surface area contributed by atoms with Crippen LogP contribution < -0.4 is 5.32 Å². The van der Waals surface area contributed by atoms with Crippen LogP contribution in [0.15, 0.2) is 24.3 Å². The Morgan fingerprint density at radius 3 is 2.75 bits per heavy atom. The van der Waals surface area contributed by atoms with E-state index in [0.717, 1.165) is 6.07 Å². The van der Waals surface area contributed by atoms with Gasteiger partial charge in [-0.15, -0.1) is 0 Å². The van der Waals surface area contributed by atoms with E-state index in [0.29, 0.717) is 0 Å². The molecular formula is C14H13ClN4O5. The lowest BCUT2D eigenvalue weighted by Gasteiger charge is -2.05. The number of esters is 1. The maximum absolute atomic E-state index is 12.2. The third kappa shape index (κ3) is 3.69. The second-order valence-corrected chi connectivity index (χ2v) is 5.04. The van der Waals surface area contributed by atoms with Crippen LogP contribution in [0.2, 0.25) is 5.02 Å². The number of anilines is 1. The number of non-ortho nitro benzene ring substituents is 1. The van der Waals surface area contributed by atoms with Crippen molar-refractivity contribution in [2.75, 3.05) is 11.9 Å². The third-order valence-electron chi connectivity index (χ3n) is 3.01. The highest BCUT2D eigenvalue weighted by Gasteiger charge is 2.20. The van der Waals surface area contributed by atoms with E-state index in [2.05, 4.69) is 10.4 Å². The van der Waals surface area contributed by atoms with Gasteiger partial charge in [-0.1, -0.05) is 11.6 Å². The summed E-state index contributed by atoms with van der Waals surface area (Å²) < 4.78 is 6.06. The van der Waals surface area contributed by atoms with Crippen LogP contribution >= 0.6 is 11.6 Å². The second-order valence-electron chi connectivity index (χ2n) is 4.63. The van der Waals surface area contributed by atoms with Crippen LogP contribution in [0, 0.1) is 10.1 Å². The summed E-state index contributed by atoms with van der Waals surface area (Å²) in [4.78, 5) is 34.1. The molecule has 0 saturated heterocycles. The second kappa shape index (κ2) is 7.09. The van der Waals surface area contributed by atoms with Gasteiger partial charge in [0.15, 0.2) is 5.69 Å². The molecule has 1 amide bonds. The van der Waals surface area contributed by atoms with E-state index in [1.165, 1.54) is 29.9 Å². The molecule has 1 aromatic heterocycles. The molecule has 1 N–H and O–H groups in total. The quantitative estimate of drug-likeness (QED) is 0.501. The fourth-order valence-corrected chi connectivity index (χ4v) is 2.05. The maximum atomic E-state index is 12.2. The summed E-state index contributed by atoms with van der Waals surface area (Å²) >= 11 is 5.92. The first-order valence-electron chi connectivity index (χ1n) is 6.80. The van der Waals surface area contributed by atoms with Gasteiger partial charge in [-0.3, -0.25) is 19.6 Å². The standard InChI is InChI=1S/C14H13ClN4O5/c1-3-24-14(21)12-7-11(17-18(12)2)13(20)16-10-6-8(19(22)23)4-5-9(10)15/h4-7H,3H2,1-2H3,(H,16,20). The van der Waals surface area contributed by atoms with Gasteiger partial charge in [0.25, 0.3) is 11.6 Å². The summed E-state index contributed by atoms with van der Waals surface area (Å²) in [6.07, 6.45) is 0. The summed E-state index contributed by atoms with van der Waals surface area (Å²) in [7, 11) is 1.49. The van der Waals surface area contributed by atoms with Crippen molar-refractivity contribution in [2.45, 2.75) is 6.92 Å². The van der Waals surface area contributed by atoms with Crippen molar-refractivity contribution in [3.63, 3.8) is 0 Å². The molecular weight excluding hydrogens is 340 g/mol. The van der Waals surface area contributed by atoms with Gasteiger partial charge in [0.05, 0.1) is 22.2 Å². The van der Waals surface area contributed by atoms with E-state index in [9.17, 15) is 19.7 Å². The molecule has 1 aromatic carbocycles. The van der Waals surface area contributed by atoms with Crippen molar-refractivity contribution >= 4 is 34.9 Å². The Hall–Kier alpha value is -2.94. The normalized spacial score (nSPS) is 10.3. The Morgan fingerprint density at radius 1 is 1.42 bits per heavy atom. The number of rotatable bonds is 5. The molecule has 0 fully saturated rings. The number of amides is 1. The van der Waals surface area contributed by atoms with E-state index >= 15 is 0 Å². The van der Waals surface area contributed by atoms with E-state index in [1.54, 1.807) is 6.92 Å². The van der Waals surface area contributed by atoms with Crippen molar-refractivity contribution in [2.24, 2.45) is 7.05 Å². The number of carbonyl (C=O) groups excluding carboxylic acids is 2. The minimum absolute atomic E-state index is 0.0527. The largest absolute Gasteiger partial charge is 0.461 e. The number of benzene rings is 1. The van der Waals surface area contributed by atoms with Crippen LogP contribution in [0.25, 0.3) is 0 Å². The fourth-order valence-electron chi connectivity index (χ4n) is 1.88. The summed E-state index contributed by atoms with van der Waals surface area (Å²) in [5.41, 5.74) is -0.0996. The maximum Gasteiger partial charge on any atom is 0.356 e. The Morgan fingerprint density at radius 2 is 2.12 bits per heavy atom. The highest BCUT2D eigenvalue weighted by molar-refractivity contribution is 6.34.